The molecule has 2 heterocycles. The van der Waals surface area contributed by atoms with Crippen molar-refractivity contribution < 1.29 is 4.79 Å². The quantitative estimate of drug-likeness (QED) is 0.632. The van der Waals surface area contributed by atoms with Crippen molar-refractivity contribution in [2.45, 2.75) is 46.5 Å². The lowest BCUT2D eigenvalue weighted by Gasteiger charge is -2.15. The molecule has 2 aromatic heterocycles. The Morgan fingerprint density at radius 3 is 2.67 bits per heavy atom. The van der Waals surface area contributed by atoms with Gasteiger partial charge in [0, 0.05) is 34.3 Å². The number of thiazole rings is 1. The van der Waals surface area contributed by atoms with Gasteiger partial charge in [0.2, 0.25) is 5.91 Å². The second kappa shape index (κ2) is 8.48. The maximum absolute atomic E-state index is 12.6. The zero-order valence-corrected chi connectivity index (χ0v) is 16.8. The number of rotatable bonds is 7. The Balaban J connectivity index is 1.90. The van der Waals surface area contributed by atoms with Crippen molar-refractivity contribution in [2.24, 2.45) is 5.92 Å². The Kier molecular flexibility index (Phi) is 6.06. The molecule has 0 saturated heterocycles. The van der Waals surface area contributed by atoms with Gasteiger partial charge in [0.1, 0.15) is 0 Å². The Morgan fingerprint density at radius 2 is 1.96 bits per heavy atom. The maximum atomic E-state index is 12.6. The van der Waals surface area contributed by atoms with E-state index in [-0.39, 0.29) is 17.4 Å². The van der Waals surface area contributed by atoms with E-state index in [2.05, 4.69) is 24.1 Å². The fourth-order valence-corrected chi connectivity index (χ4v) is 4.28. The minimum atomic E-state index is -0.0888. The van der Waals surface area contributed by atoms with E-state index in [0.717, 1.165) is 42.6 Å². The fraction of sp³-hybridized carbons (Fsp3) is 0.381. The summed E-state index contributed by atoms with van der Waals surface area (Å²) in [5.74, 6) is 0.112. The molecule has 0 aliphatic rings. The van der Waals surface area contributed by atoms with Gasteiger partial charge >= 0.3 is 0 Å². The standard InChI is InChI=1S/C21H25N3O2S/c1-4-7-15(8-5-2)20(26)23-17-10-6-9-16(12-17)18-13-27-21-22-14(3)11-19(25)24(18)21/h6,9-13,15H,4-5,7-8H2,1-3H3,(H,23,26). The second-order valence-electron chi connectivity index (χ2n) is 6.82. The number of aryl methyl sites for hydroxylation is 1. The van der Waals surface area contributed by atoms with Crippen molar-refractivity contribution in [3.63, 3.8) is 0 Å². The molecule has 142 valence electrons. The van der Waals surface area contributed by atoms with Crippen molar-refractivity contribution in [3.05, 3.63) is 51.8 Å². The number of carbonyl (C=O) groups excluding carboxylic acids is 1. The highest BCUT2D eigenvalue weighted by Crippen LogP contribution is 2.27. The zero-order chi connectivity index (χ0) is 19.4. The predicted molar refractivity (Wildman–Crippen MR) is 111 cm³/mol. The molecule has 0 saturated carbocycles. The van der Waals surface area contributed by atoms with Crippen LogP contribution >= 0.6 is 11.3 Å². The molecular formula is C21H25N3O2S. The molecule has 3 aromatic rings. The molecular weight excluding hydrogens is 358 g/mol. The highest BCUT2D eigenvalue weighted by Gasteiger charge is 2.17. The van der Waals surface area contributed by atoms with Crippen LogP contribution in [0.2, 0.25) is 0 Å². The summed E-state index contributed by atoms with van der Waals surface area (Å²) >= 11 is 1.44. The molecule has 6 heteroatoms. The van der Waals surface area contributed by atoms with Gasteiger partial charge in [-0.1, -0.05) is 38.8 Å². The Bertz CT molecular complexity index is 1000. The predicted octanol–water partition coefficient (Wildman–Crippen LogP) is 4.89. The first kappa shape index (κ1) is 19.3. The monoisotopic (exact) mass is 383 g/mol. The summed E-state index contributed by atoms with van der Waals surface area (Å²) in [5.41, 5.74) is 3.06. The van der Waals surface area contributed by atoms with Crippen LogP contribution in [-0.4, -0.2) is 15.3 Å². The van der Waals surface area contributed by atoms with Crippen molar-refractivity contribution in [3.8, 4) is 11.3 Å². The number of amides is 1. The molecule has 27 heavy (non-hydrogen) atoms. The molecule has 1 amide bonds. The van der Waals surface area contributed by atoms with Gasteiger partial charge in [-0.25, -0.2) is 4.98 Å². The van der Waals surface area contributed by atoms with E-state index in [0.29, 0.717) is 10.7 Å². The average molecular weight is 384 g/mol. The summed E-state index contributed by atoms with van der Waals surface area (Å²) in [6, 6.07) is 9.18. The number of nitrogens with one attached hydrogen (secondary N) is 1. The van der Waals surface area contributed by atoms with Crippen LogP contribution < -0.4 is 10.9 Å². The van der Waals surface area contributed by atoms with E-state index in [1.54, 1.807) is 4.40 Å². The third-order valence-corrected chi connectivity index (χ3v) is 5.43. The van der Waals surface area contributed by atoms with Gasteiger partial charge in [0.05, 0.1) is 5.69 Å². The summed E-state index contributed by atoms with van der Waals surface area (Å²) in [4.78, 5) is 30.1. The number of benzene rings is 1. The molecule has 0 unspecified atom stereocenters. The van der Waals surface area contributed by atoms with E-state index < -0.39 is 0 Å². The lowest BCUT2D eigenvalue weighted by Crippen LogP contribution is -2.22. The molecule has 0 aliphatic carbocycles. The van der Waals surface area contributed by atoms with Crippen LogP contribution in [0.15, 0.2) is 40.5 Å². The van der Waals surface area contributed by atoms with E-state index in [1.807, 2.05) is 36.6 Å². The van der Waals surface area contributed by atoms with E-state index in [9.17, 15) is 9.59 Å². The molecule has 0 spiro atoms. The first-order valence-electron chi connectivity index (χ1n) is 9.42. The average Bonchev–Trinajstić information content (AvgIpc) is 3.06. The van der Waals surface area contributed by atoms with Crippen LogP contribution in [0, 0.1) is 12.8 Å². The van der Waals surface area contributed by atoms with Gasteiger partial charge in [0.25, 0.3) is 5.56 Å². The Morgan fingerprint density at radius 1 is 1.22 bits per heavy atom. The summed E-state index contributed by atoms with van der Waals surface area (Å²) in [5, 5.41) is 4.98. The molecule has 0 radical (unpaired) electrons. The maximum Gasteiger partial charge on any atom is 0.259 e. The number of hydrogen-bond donors (Lipinski definition) is 1. The number of nitrogens with zero attached hydrogens (tertiary/aromatic N) is 2. The van der Waals surface area contributed by atoms with Crippen LogP contribution in [0.5, 0.6) is 0 Å². The lowest BCUT2D eigenvalue weighted by atomic mass is 9.97. The van der Waals surface area contributed by atoms with Gasteiger partial charge < -0.3 is 5.32 Å². The van der Waals surface area contributed by atoms with Gasteiger partial charge in [-0.2, -0.15) is 0 Å². The van der Waals surface area contributed by atoms with Crippen molar-refractivity contribution >= 4 is 27.9 Å². The van der Waals surface area contributed by atoms with Crippen LogP contribution in [0.4, 0.5) is 5.69 Å². The number of fused-ring (bicyclic) bond motifs is 1. The molecule has 5 nitrogen and oxygen atoms in total. The first-order chi connectivity index (χ1) is 13.0. The van der Waals surface area contributed by atoms with Crippen molar-refractivity contribution in [2.75, 3.05) is 5.32 Å². The third kappa shape index (κ3) is 4.27. The van der Waals surface area contributed by atoms with Gasteiger partial charge in [-0.3, -0.25) is 14.0 Å². The number of aromatic nitrogens is 2. The van der Waals surface area contributed by atoms with Crippen molar-refractivity contribution in [1.29, 1.82) is 0 Å². The molecule has 0 atom stereocenters. The smallest absolute Gasteiger partial charge is 0.259 e. The minimum Gasteiger partial charge on any atom is -0.326 e. The van der Waals surface area contributed by atoms with E-state index in [1.165, 1.54) is 17.4 Å². The second-order valence-corrected chi connectivity index (χ2v) is 7.66. The van der Waals surface area contributed by atoms with Gasteiger partial charge in [0.15, 0.2) is 4.96 Å². The molecule has 0 fully saturated rings. The zero-order valence-electron chi connectivity index (χ0n) is 16.0. The summed E-state index contributed by atoms with van der Waals surface area (Å²) in [6.45, 7) is 6.03. The highest BCUT2D eigenvalue weighted by molar-refractivity contribution is 7.15. The molecule has 1 N–H and O–H groups in total. The van der Waals surface area contributed by atoms with Gasteiger partial charge in [-0.05, 0) is 31.9 Å². The highest BCUT2D eigenvalue weighted by atomic mass is 32.1. The van der Waals surface area contributed by atoms with E-state index in [4.69, 9.17) is 0 Å². The van der Waals surface area contributed by atoms with Crippen LogP contribution in [0.3, 0.4) is 0 Å². The van der Waals surface area contributed by atoms with Crippen LogP contribution in [-0.2, 0) is 4.79 Å². The largest absolute Gasteiger partial charge is 0.326 e. The first-order valence-corrected chi connectivity index (χ1v) is 10.3. The Labute approximate surface area is 163 Å². The SMILES string of the molecule is CCCC(CCC)C(=O)Nc1cccc(-c2csc3nc(C)cc(=O)n23)c1. The molecule has 0 bridgehead atoms. The van der Waals surface area contributed by atoms with Gasteiger partial charge in [-0.15, -0.1) is 11.3 Å². The molecule has 0 aliphatic heterocycles. The van der Waals surface area contributed by atoms with Crippen LogP contribution in [0.25, 0.3) is 16.2 Å². The summed E-state index contributed by atoms with van der Waals surface area (Å²) in [6.07, 6.45) is 3.78. The number of anilines is 1. The van der Waals surface area contributed by atoms with E-state index >= 15 is 0 Å². The summed E-state index contributed by atoms with van der Waals surface area (Å²) in [7, 11) is 0. The van der Waals surface area contributed by atoms with Crippen molar-refractivity contribution in [1.82, 2.24) is 9.38 Å². The number of hydrogen-bond acceptors (Lipinski definition) is 4. The number of carbonyl (C=O) groups is 1. The molecule has 1 aromatic carbocycles. The normalized spacial score (nSPS) is 11.3. The lowest BCUT2D eigenvalue weighted by molar-refractivity contribution is -0.120. The minimum absolute atomic E-state index is 0.0421. The topological polar surface area (TPSA) is 63.5 Å². The van der Waals surface area contributed by atoms with Crippen LogP contribution in [0.1, 0.15) is 45.2 Å². The third-order valence-electron chi connectivity index (χ3n) is 4.60. The molecule has 3 rings (SSSR count). The fourth-order valence-electron chi connectivity index (χ4n) is 3.33. The Hall–Kier alpha value is -2.47. The summed E-state index contributed by atoms with van der Waals surface area (Å²) < 4.78 is 1.62.